The molecule has 2 nitrogen and oxygen atoms in total. The van der Waals surface area contributed by atoms with Crippen molar-refractivity contribution in [2.24, 2.45) is 5.92 Å². The van der Waals surface area contributed by atoms with Crippen LogP contribution in [0.1, 0.15) is 41.8 Å². The minimum absolute atomic E-state index is 0.299. The third-order valence-electron chi connectivity index (χ3n) is 1.89. The molecule has 67 valence electrons. The summed E-state index contributed by atoms with van der Waals surface area (Å²) in [6.45, 7) is 1.08. The van der Waals surface area contributed by atoms with Gasteiger partial charge in [-0.3, -0.25) is 4.79 Å². The zero-order valence-electron chi connectivity index (χ0n) is 9.68. The number of carboxylic acids is 1. The Bertz CT molecular complexity index is 170. The van der Waals surface area contributed by atoms with Crippen LogP contribution in [0, 0.1) is 5.92 Å². The predicted octanol–water partition coefficient (Wildman–Crippen LogP) is 2.62. The molecule has 0 unspecified atom stereocenters. The molecule has 1 aliphatic rings. The molecule has 1 fully saturated rings. The monoisotopic (exact) mass is 361 g/mol. The average Bonchev–Trinajstić information content (AvgIpc) is 2.03. The molecule has 0 spiro atoms. The van der Waals surface area contributed by atoms with Gasteiger partial charge in [0.15, 0.2) is 0 Å². The van der Waals surface area contributed by atoms with Gasteiger partial charge in [-0.25, -0.2) is 0 Å². The first-order valence-electron chi connectivity index (χ1n) is 5.39. The van der Waals surface area contributed by atoms with Gasteiger partial charge in [0.1, 0.15) is 0 Å². The van der Waals surface area contributed by atoms with Crippen LogP contribution in [-0.4, -0.2) is 11.1 Å². The minimum atomic E-state index is -0.833. The number of hydrogen-bond acceptors (Lipinski definition) is 1. The van der Waals surface area contributed by atoms with Crippen molar-refractivity contribution in [2.75, 3.05) is 0 Å². The van der Waals surface area contributed by atoms with Gasteiger partial charge in [0.2, 0.25) is 0 Å². The fraction of sp³-hybridized carbons (Fsp3) is 0.889. The molecular weight excluding hydrogens is 341 g/mol. The van der Waals surface area contributed by atoms with Crippen molar-refractivity contribution in [1.82, 2.24) is 0 Å². The molecular formula is C9H17HgO2. The van der Waals surface area contributed by atoms with Crippen LogP contribution in [0.2, 0.25) is 3.88 Å². The first-order chi connectivity index (χ1) is 6.34. The van der Waals surface area contributed by atoms with E-state index in [4.69, 9.17) is 12.6 Å². The Kier molecular flexibility index (Phi) is 6.00. The molecule has 1 rings (SSSR count). The zero-order chi connectivity index (χ0) is 11.2. The maximum absolute atomic E-state index is 9.00. The number of rotatable bonds is 1. The van der Waals surface area contributed by atoms with E-state index in [2.05, 4.69) is 0 Å². The van der Waals surface area contributed by atoms with Crippen molar-refractivity contribution in [1.29, 1.82) is 0 Å². The molecule has 0 radical (unpaired) electrons. The SMILES string of the molecule is CC(=O)O.[2H][C]([2H])([Hg])C1CCCCC1. The number of carbonyl (C=O) groups is 1. The van der Waals surface area contributed by atoms with E-state index in [1.165, 1.54) is 19.3 Å². The Balaban J connectivity index is 0.000000364. The molecule has 0 saturated heterocycles. The summed E-state index contributed by atoms with van der Waals surface area (Å²) in [4.78, 5) is 9.00. The Hall–Kier alpha value is 0.405. The molecule has 0 amide bonds. The molecule has 12 heavy (non-hydrogen) atoms. The van der Waals surface area contributed by atoms with Gasteiger partial charge in [0.05, 0.1) is 0 Å². The van der Waals surface area contributed by atoms with Crippen LogP contribution in [0.4, 0.5) is 0 Å². The van der Waals surface area contributed by atoms with E-state index >= 15 is 0 Å². The van der Waals surface area contributed by atoms with Crippen molar-refractivity contribution >= 4 is 5.97 Å². The van der Waals surface area contributed by atoms with Crippen molar-refractivity contribution < 1.29 is 38.8 Å². The van der Waals surface area contributed by atoms with Crippen molar-refractivity contribution in [3.8, 4) is 0 Å². The zero-order valence-corrected chi connectivity index (χ0v) is 13.2. The van der Waals surface area contributed by atoms with Crippen molar-refractivity contribution in [2.45, 2.75) is 42.9 Å². The van der Waals surface area contributed by atoms with E-state index in [1.807, 2.05) is 0 Å². The normalized spacial score (nSPS) is 21.6. The van der Waals surface area contributed by atoms with Crippen LogP contribution in [-0.2, 0) is 30.9 Å². The molecule has 1 saturated carbocycles. The summed E-state index contributed by atoms with van der Waals surface area (Å²) in [5.41, 5.74) is 0. The van der Waals surface area contributed by atoms with E-state index in [1.54, 1.807) is 0 Å². The number of carboxylic acid groups (broad SMARTS) is 1. The topological polar surface area (TPSA) is 37.3 Å². The van der Waals surface area contributed by atoms with Crippen LogP contribution in [0.15, 0.2) is 0 Å². The third-order valence-corrected chi connectivity index (χ3v) is 4.14. The van der Waals surface area contributed by atoms with Crippen LogP contribution in [0.25, 0.3) is 0 Å². The molecule has 1 aliphatic carbocycles. The van der Waals surface area contributed by atoms with Gasteiger partial charge < -0.3 is 5.11 Å². The molecule has 0 atom stereocenters. The van der Waals surface area contributed by atoms with Gasteiger partial charge in [-0.2, -0.15) is 0 Å². The molecule has 0 aromatic heterocycles. The standard InChI is InChI=1S/C7H13.C2H4O2.Hg/c1-7-5-3-2-4-6-7;1-2(3)4;/h7H,1-6H2;1H3,(H,3,4);/i1D2;;. The average molecular weight is 360 g/mol. The van der Waals surface area contributed by atoms with Crippen LogP contribution < -0.4 is 0 Å². The molecule has 0 heterocycles. The molecule has 0 bridgehead atoms. The summed E-state index contributed by atoms with van der Waals surface area (Å²) in [6.07, 6.45) is 6.16. The summed E-state index contributed by atoms with van der Waals surface area (Å²) in [7, 11) is 0. The van der Waals surface area contributed by atoms with E-state index in [0.29, 0.717) is 32.0 Å². The maximum atomic E-state index is 9.00. The first-order valence-corrected chi connectivity index (χ1v) is 7.14. The summed E-state index contributed by atoms with van der Waals surface area (Å²) in [6, 6.07) is 0. The van der Waals surface area contributed by atoms with Crippen molar-refractivity contribution in [3.05, 3.63) is 0 Å². The second kappa shape index (κ2) is 8.02. The third kappa shape index (κ3) is 8.50. The van der Waals surface area contributed by atoms with Gasteiger partial charge in [0, 0.05) is 6.92 Å². The predicted molar refractivity (Wildman–Crippen MR) is 44.7 cm³/mol. The fourth-order valence-electron chi connectivity index (χ4n) is 1.31. The van der Waals surface area contributed by atoms with Gasteiger partial charge in [-0.1, -0.05) is 0 Å². The van der Waals surface area contributed by atoms with Gasteiger partial charge in [-0.15, -0.1) is 0 Å². The molecule has 0 aromatic carbocycles. The molecule has 0 aromatic rings. The van der Waals surface area contributed by atoms with E-state index < -0.39 is 9.85 Å². The Morgan fingerprint density at radius 2 is 2.00 bits per heavy atom. The fourth-order valence-corrected chi connectivity index (χ4v) is 2.89. The summed E-state index contributed by atoms with van der Waals surface area (Å²) in [5.74, 6) is -0.412. The second-order valence-electron chi connectivity index (χ2n) is 3.06. The van der Waals surface area contributed by atoms with Crippen LogP contribution >= 0.6 is 0 Å². The van der Waals surface area contributed by atoms with Crippen molar-refractivity contribution in [3.63, 3.8) is 0 Å². The van der Waals surface area contributed by atoms with E-state index in [9.17, 15) is 0 Å². The molecule has 3 heteroatoms. The quantitative estimate of drug-likeness (QED) is 0.731. The summed E-state index contributed by atoms with van der Waals surface area (Å²) in [5, 5.41) is 7.42. The summed E-state index contributed by atoms with van der Waals surface area (Å²) >= 11 is 0.299. The van der Waals surface area contributed by atoms with Gasteiger partial charge in [-0.05, 0) is 0 Å². The number of hydrogen-bond donors (Lipinski definition) is 1. The second-order valence-corrected chi connectivity index (χ2v) is 4.65. The molecule has 1 N–H and O–H groups in total. The van der Waals surface area contributed by atoms with Crippen LogP contribution in [0.5, 0.6) is 0 Å². The van der Waals surface area contributed by atoms with E-state index in [0.717, 1.165) is 19.8 Å². The van der Waals surface area contributed by atoms with E-state index in [-0.39, 0.29) is 0 Å². The van der Waals surface area contributed by atoms with Crippen LogP contribution in [0.3, 0.4) is 0 Å². The molecule has 0 aliphatic heterocycles. The Morgan fingerprint density at radius 1 is 1.58 bits per heavy atom. The summed E-state index contributed by atoms with van der Waals surface area (Å²) < 4.78 is 14.4. The van der Waals surface area contributed by atoms with Gasteiger partial charge in [0.25, 0.3) is 5.97 Å². The Morgan fingerprint density at radius 3 is 2.25 bits per heavy atom. The van der Waals surface area contributed by atoms with Gasteiger partial charge >= 0.3 is 70.8 Å². The Labute approximate surface area is 93.5 Å². The number of aliphatic carboxylic acids is 1. The first kappa shape index (κ1) is 8.98.